The first-order chi connectivity index (χ1) is 7.50. The zero-order valence-corrected chi connectivity index (χ0v) is 10.3. The van der Waals surface area contributed by atoms with Crippen LogP contribution in [0.2, 0.25) is 0 Å². The molecule has 0 aromatic carbocycles. The van der Waals surface area contributed by atoms with Gasteiger partial charge in [-0.05, 0) is 13.8 Å². The van der Waals surface area contributed by atoms with Crippen molar-refractivity contribution in [1.82, 2.24) is 15.1 Å². The standard InChI is InChI=1S/C9H17N5OS/c1-7(2)16(10,15)13-9-3-4-12-14(9)8-5-11-6-8/h3-4,7-8,11H,5-6H2,1-2H3,(H2,10,13,15). The van der Waals surface area contributed by atoms with Gasteiger partial charge in [0, 0.05) is 19.2 Å². The van der Waals surface area contributed by atoms with Crippen molar-refractivity contribution in [2.24, 2.45) is 0 Å². The average molecular weight is 243 g/mol. The Hall–Kier alpha value is -1.08. The summed E-state index contributed by atoms with van der Waals surface area (Å²) in [5.41, 5.74) is 0. The molecule has 1 unspecified atom stereocenters. The van der Waals surface area contributed by atoms with E-state index in [2.05, 4.69) is 15.1 Å². The third-order valence-corrected chi connectivity index (χ3v) is 4.54. The summed E-state index contributed by atoms with van der Waals surface area (Å²) in [6.07, 6.45) is 1.66. The SMILES string of the molecule is CC(C)S(=N)(=O)Nc1ccnn1C1CNC1. The fourth-order valence-electron chi connectivity index (χ4n) is 1.41. The summed E-state index contributed by atoms with van der Waals surface area (Å²) in [5, 5.41) is 7.12. The Kier molecular flexibility index (Phi) is 2.90. The molecule has 1 aromatic rings. The van der Waals surface area contributed by atoms with Gasteiger partial charge >= 0.3 is 0 Å². The van der Waals surface area contributed by atoms with Gasteiger partial charge in [-0.25, -0.2) is 13.7 Å². The second-order valence-corrected chi connectivity index (χ2v) is 6.57. The monoisotopic (exact) mass is 243 g/mol. The zero-order chi connectivity index (χ0) is 11.8. The summed E-state index contributed by atoms with van der Waals surface area (Å²) in [6, 6.07) is 2.06. The minimum Gasteiger partial charge on any atom is -0.312 e. The third kappa shape index (κ3) is 2.05. The molecule has 90 valence electrons. The van der Waals surface area contributed by atoms with E-state index >= 15 is 0 Å². The molecule has 2 heterocycles. The van der Waals surface area contributed by atoms with E-state index in [0.29, 0.717) is 11.9 Å². The van der Waals surface area contributed by atoms with E-state index in [-0.39, 0.29) is 5.25 Å². The van der Waals surface area contributed by atoms with E-state index in [0.717, 1.165) is 13.1 Å². The third-order valence-electron chi connectivity index (χ3n) is 2.70. The van der Waals surface area contributed by atoms with Crippen LogP contribution in [0.4, 0.5) is 5.82 Å². The second-order valence-electron chi connectivity index (χ2n) is 4.22. The van der Waals surface area contributed by atoms with E-state index in [9.17, 15) is 4.21 Å². The van der Waals surface area contributed by atoms with Gasteiger partial charge in [0.15, 0.2) is 0 Å². The molecule has 3 N–H and O–H groups in total. The van der Waals surface area contributed by atoms with Gasteiger partial charge in [0.05, 0.1) is 17.5 Å². The second kappa shape index (κ2) is 4.06. The number of rotatable bonds is 4. The van der Waals surface area contributed by atoms with Crippen molar-refractivity contribution in [2.75, 3.05) is 17.8 Å². The van der Waals surface area contributed by atoms with Crippen molar-refractivity contribution in [2.45, 2.75) is 25.1 Å². The van der Waals surface area contributed by atoms with Crippen LogP contribution in [-0.2, 0) is 9.92 Å². The summed E-state index contributed by atoms with van der Waals surface area (Å²) in [6.45, 7) is 5.29. The highest BCUT2D eigenvalue weighted by molar-refractivity contribution is 7.94. The quantitative estimate of drug-likeness (QED) is 0.731. The van der Waals surface area contributed by atoms with Crippen LogP contribution in [0.25, 0.3) is 0 Å². The molecule has 2 rings (SSSR count). The van der Waals surface area contributed by atoms with Gasteiger partial charge in [0.1, 0.15) is 15.7 Å². The van der Waals surface area contributed by atoms with Gasteiger partial charge in [0.25, 0.3) is 0 Å². The largest absolute Gasteiger partial charge is 0.312 e. The molecule has 7 heteroatoms. The summed E-state index contributed by atoms with van der Waals surface area (Å²) in [4.78, 5) is 0. The summed E-state index contributed by atoms with van der Waals surface area (Å²) in [7, 11) is -2.79. The maximum atomic E-state index is 11.9. The van der Waals surface area contributed by atoms with Gasteiger partial charge in [-0.3, -0.25) is 4.72 Å². The Bertz CT molecular complexity index is 460. The lowest BCUT2D eigenvalue weighted by Crippen LogP contribution is -2.44. The maximum Gasteiger partial charge on any atom is 0.137 e. The molecule has 0 radical (unpaired) electrons. The molecule has 0 bridgehead atoms. The molecule has 1 atom stereocenters. The molecule has 1 aliphatic rings. The summed E-state index contributed by atoms with van der Waals surface area (Å²) < 4.78 is 24.2. The van der Waals surface area contributed by atoms with Crippen molar-refractivity contribution in [1.29, 1.82) is 4.78 Å². The number of hydrogen-bond acceptors (Lipinski definition) is 4. The topological polar surface area (TPSA) is 82.8 Å². The molecule has 0 saturated carbocycles. The summed E-state index contributed by atoms with van der Waals surface area (Å²) in [5.74, 6) is 0.667. The lowest BCUT2D eigenvalue weighted by molar-refractivity contribution is 0.322. The molecule has 1 aliphatic heterocycles. The first-order valence-corrected chi connectivity index (χ1v) is 6.92. The molecule has 0 aliphatic carbocycles. The van der Waals surface area contributed by atoms with Crippen molar-refractivity contribution in [3.63, 3.8) is 0 Å². The fraction of sp³-hybridized carbons (Fsp3) is 0.667. The molecule has 1 saturated heterocycles. The van der Waals surface area contributed by atoms with Gasteiger partial charge in [-0.2, -0.15) is 5.10 Å². The van der Waals surface area contributed by atoms with Crippen LogP contribution in [0.3, 0.4) is 0 Å². The Morgan fingerprint density at radius 3 is 2.88 bits per heavy atom. The maximum absolute atomic E-state index is 11.9. The van der Waals surface area contributed by atoms with E-state index in [1.54, 1.807) is 30.8 Å². The van der Waals surface area contributed by atoms with Crippen LogP contribution in [0, 0.1) is 4.78 Å². The minimum absolute atomic E-state index is 0.227. The first-order valence-electron chi connectivity index (χ1n) is 5.30. The van der Waals surface area contributed by atoms with Gasteiger partial charge < -0.3 is 5.32 Å². The highest BCUT2D eigenvalue weighted by Crippen LogP contribution is 2.19. The minimum atomic E-state index is -2.79. The van der Waals surface area contributed by atoms with Crippen molar-refractivity contribution in [3.05, 3.63) is 12.3 Å². The number of anilines is 1. The number of nitrogens with one attached hydrogen (secondary N) is 3. The number of hydrogen-bond donors (Lipinski definition) is 3. The molecule has 0 spiro atoms. The van der Waals surface area contributed by atoms with E-state index < -0.39 is 9.92 Å². The Morgan fingerprint density at radius 1 is 1.69 bits per heavy atom. The van der Waals surface area contributed by atoms with E-state index in [1.165, 1.54) is 0 Å². The van der Waals surface area contributed by atoms with Crippen LogP contribution < -0.4 is 10.0 Å². The van der Waals surface area contributed by atoms with Gasteiger partial charge in [-0.1, -0.05) is 0 Å². The molecular weight excluding hydrogens is 226 g/mol. The Labute approximate surface area is 95.5 Å². The average Bonchev–Trinajstić information content (AvgIpc) is 2.49. The summed E-state index contributed by atoms with van der Waals surface area (Å²) >= 11 is 0. The normalized spacial score (nSPS) is 20.4. The highest BCUT2D eigenvalue weighted by Gasteiger charge is 2.23. The fourth-order valence-corrected chi connectivity index (χ4v) is 2.11. The van der Waals surface area contributed by atoms with E-state index in [4.69, 9.17) is 4.78 Å². The predicted octanol–water partition coefficient (Wildman–Crippen LogP) is 0.809. The smallest absolute Gasteiger partial charge is 0.137 e. The van der Waals surface area contributed by atoms with Crippen LogP contribution >= 0.6 is 0 Å². The first kappa shape index (κ1) is 11.4. The lowest BCUT2D eigenvalue weighted by Gasteiger charge is -2.29. The van der Waals surface area contributed by atoms with Gasteiger partial charge in [0.2, 0.25) is 0 Å². The van der Waals surface area contributed by atoms with Crippen LogP contribution in [0.5, 0.6) is 0 Å². The molecule has 0 amide bonds. The van der Waals surface area contributed by atoms with Crippen LogP contribution in [0.1, 0.15) is 19.9 Å². The van der Waals surface area contributed by atoms with Crippen LogP contribution in [-0.4, -0.2) is 32.3 Å². The molecular formula is C9H17N5OS. The highest BCUT2D eigenvalue weighted by atomic mass is 32.2. The molecule has 1 aromatic heterocycles. The van der Waals surface area contributed by atoms with Crippen LogP contribution in [0.15, 0.2) is 12.3 Å². The lowest BCUT2D eigenvalue weighted by atomic mass is 10.2. The van der Waals surface area contributed by atoms with Gasteiger partial charge in [-0.15, -0.1) is 0 Å². The van der Waals surface area contributed by atoms with Crippen molar-refractivity contribution in [3.8, 4) is 0 Å². The zero-order valence-electron chi connectivity index (χ0n) is 9.43. The molecule has 6 nitrogen and oxygen atoms in total. The molecule has 16 heavy (non-hydrogen) atoms. The van der Waals surface area contributed by atoms with Crippen molar-refractivity contribution < 1.29 is 4.21 Å². The van der Waals surface area contributed by atoms with E-state index in [1.807, 2.05) is 0 Å². The Balaban J connectivity index is 2.18. The molecule has 1 fully saturated rings. The number of nitrogens with zero attached hydrogens (tertiary/aromatic N) is 2. The predicted molar refractivity (Wildman–Crippen MR) is 63.8 cm³/mol. The number of aromatic nitrogens is 2. The Morgan fingerprint density at radius 2 is 2.38 bits per heavy atom. The van der Waals surface area contributed by atoms with Crippen molar-refractivity contribution >= 4 is 15.7 Å².